The first-order valence-corrected chi connectivity index (χ1v) is 30.1. The maximum Gasteiger partial charge on any atom is 0.0464 e. The maximum atomic E-state index is 3.72. The molecule has 13 aromatic carbocycles. The second-order valence-corrected chi connectivity index (χ2v) is 24.7. The highest BCUT2D eigenvalue weighted by Crippen LogP contribution is 2.52. The van der Waals surface area contributed by atoms with E-state index in [2.05, 4.69) is 343 Å². The van der Waals surface area contributed by atoms with Crippen LogP contribution in [-0.4, -0.2) is 0 Å². The van der Waals surface area contributed by atoms with Gasteiger partial charge in [-0.25, -0.2) is 0 Å². The predicted molar refractivity (Wildman–Crippen MR) is 367 cm³/mol. The summed E-state index contributed by atoms with van der Waals surface area (Å²) in [7, 11) is 0. The summed E-state index contributed by atoms with van der Waals surface area (Å²) in [6, 6.07) is 104. The van der Waals surface area contributed by atoms with Crippen molar-refractivity contribution in [3.63, 3.8) is 0 Å². The summed E-state index contributed by atoms with van der Waals surface area (Å²) < 4.78 is 0. The second kappa shape index (κ2) is 21.8. The Balaban J connectivity index is 0.000000115. The lowest BCUT2D eigenvalue weighted by Crippen LogP contribution is -2.15. The minimum absolute atomic E-state index is 0.00283. The van der Waals surface area contributed by atoms with Crippen LogP contribution < -0.4 is 16.0 Å². The first kappa shape index (κ1) is 53.8. The van der Waals surface area contributed by atoms with Crippen molar-refractivity contribution in [2.24, 2.45) is 0 Å². The Kier molecular flexibility index (Phi) is 13.6. The summed E-state index contributed by atoms with van der Waals surface area (Å²) in [5.41, 5.74) is 28.3. The zero-order valence-electron chi connectivity index (χ0n) is 49.7. The first-order valence-electron chi connectivity index (χ1n) is 30.1. The average Bonchev–Trinajstić information content (AvgIpc) is 1.79. The van der Waals surface area contributed by atoms with Gasteiger partial charge in [0.1, 0.15) is 0 Å². The molecule has 16 rings (SSSR count). The van der Waals surface area contributed by atoms with Gasteiger partial charge in [0.15, 0.2) is 0 Å². The summed E-state index contributed by atoms with van der Waals surface area (Å²) in [6.45, 7) is 13.9. The Labute approximate surface area is 506 Å². The van der Waals surface area contributed by atoms with E-state index >= 15 is 0 Å². The van der Waals surface area contributed by atoms with Crippen molar-refractivity contribution >= 4 is 55.7 Å². The largest absolute Gasteiger partial charge is 0.356 e. The second-order valence-electron chi connectivity index (χ2n) is 24.7. The highest BCUT2D eigenvalue weighted by atomic mass is 14.9. The third-order valence-electron chi connectivity index (χ3n) is 18.4. The Hall–Kier alpha value is -10.2. The molecular weight excluding hydrogens is 1040 g/mol. The highest BCUT2D eigenvalue weighted by molar-refractivity contribution is 6.04. The van der Waals surface area contributed by atoms with E-state index in [1.54, 1.807) is 0 Å². The van der Waals surface area contributed by atoms with Gasteiger partial charge in [-0.3, -0.25) is 0 Å². The number of benzene rings is 13. The molecule has 86 heavy (non-hydrogen) atoms. The minimum Gasteiger partial charge on any atom is -0.356 e. The normalized spacial score (nSPS) is 13.7. The van der Waals surface area contributed by atoms with E-state index in [-0.39, 0.29) is 16.2 Å². The van der Waals surface area contributed by atoms with E-state index in [1.807, 2.05) is 6.07 Å². The number of nitrogens with one attached hydrogen (secondary N) is 3. The topological polar surface area (TPSA) is 36.1 Å². The van der Waals surface area contributed by atoms with Crippen LogP contribution in [0.1, 0.15) is 74.9 Å². The zero-order chi connectivity index (χ0) is 58.6. The van der Waals surface area contributed by atoms with Crippen LogP contribution in [-0.2, 0) is 16.2 Å². The Bertz CT molecular complexity index is 4680. The van der Waals surface area contributed by atoms with Gasteiger partial charge in [0.25, 0.3) is 0 Å². The molecule has 0 radical (unpaired) electrons. The summed E-state index contributed by atoms with van der Waals surface area (Å²) in [6.07, 6.45) is 0. The Morgan fingerprint density at radius 3 is 1.08 bits per heavy atom. The van der Waals surface area contributed by atoms with E-state index in [1.165, 1.54) is 111 Å². The lowest BCUT2D eigenvalue weighted by molar-refractivity contribution is 0.660. The van der Waals surface area contributed by atoms with Gasteiger partial charge in [0, 0.05) is 55.8 Å². The van der Waals surface area contributed by atoms with Crippen molar-refractivity contribution in [1.29, 1.82) is 0 Å². The molecule has 0 fully saturated rings. The fourth-order valence-corrected chi connectivity index (χ4v) is 13.8. The molecule has 3 nitrogen and oxygen atoms in total. The van der Waals surface area contributed by atoms with Crippen molar-refractivity contribution in [2.75, 3.05) is 16.0 Å². The lowest BCUT2D eigenvalue weighted by atomic mass is 9.82. The summed E-state index contributed by atoms with van der Waals surface area (Å²) in [5.74, 6) is 0. The molecule has 0 saturated heterocycles. The number of rotatable bonds is 8. The van der Waals surface area contributed by atoms with Crippen LogP contribution in [0.25, 0.3) is 77.2 Å². The molecule has 0 spiro atoms. The van der Waals surface area contributed by atoms with Gasteiger partial charge < -0.3 is 16.0 Å². The number of hydrogen-bond acceptors (Lipinski definition) is 3. The molecule has 0 saturated carbocycles. The van der Waals surface area contributed by atoms with E-state index in [0.717, 1.165) is 34.1 Å². The Morgan fingerprint density at radius 1 is 0.209 bits per heavy atom. The molecule has 0 atom stereocenters. The molecule has 0 heterocycles. The van der Waals surface area contributed by atoms with E-state index < -0.39 is 0 Å². The molecule has 416 valence electrons. The molecule has 3 N–H and O–H groups in total. The first-order chi connectivity index (χ1) is 41.9. The maximum absolute atomic E-state index is 3.72. The SMILES string of the molecule is CC1(C)c2ccccc2-c2ccc(Nc3ccc(-c4ccccc4)c4ccccc34)cc21.CC1(C)c2ccccc2-c2ccc(Nc3ccc(-c4ccccc4)cc3)cc21.CC1(C)c2ccccc2-c2ccc(Nc3ccc4ccccc4c3)cc21. The van der Waals surface area contributed by atoms with Gasteiger partial charge >= 0.3 is 0 Å². The van der Waals surface area contributed by atoms with Crippen molar-refractivity contribution in [3.8, 4) is 55.6 Å². The number of anilines is 6. The summed E-state index contributed by atoms with van der Waals surface area (Å²) in [5, 5.41) is 15.9. The zero-order valence-corrected chi connectivity index (χ0v) is 49.7. The summed E-state index contributed by atoms with van der Waals surface area (Å²) in [4.78, 5) is 0. The van der Waals surface area contributed by atoms with Crippen molar-refractivity contribution in [3.05, 3.63) is 325 Å². The third kappa shape index (κ3) is 9.79. The van der Waals surface area contributed by atoms with Gasteiger partial charge in [-0.05, 0) is 172 Å². The van der Waals surface area contributed by atoms with Crippen LogP contribution in [0.2, 0.25) is 0 Å². The molecule has 0 aromatic heterocycles. The van der Waals surface area contributed by atoms with Crippen molar-refractivity contribution in [2.45, 2.75) is 57.8 Å². The van der Waals surface area contributed by atoms with Gasteiger partial charge in [0.05, 0.1) is 0 Å². The lowest BCUT2D eigenvalue weighted by Gasteiger charge is -2.22. The fourth-order valence-electron chi connectivity index (χ4n) is 13.8. The average molecular weight is 1110 g/mol. The van der Waals surface area contributed by atoms with Gasteiger partial charge in [0.2, 0.25) is 0 Å². The Morgan fingerprint density at radius 2 is 0.558 bits per heavy atom. The van der Waals surface area contributed by atoms with Crippen molar-refractivity contribution in [1.82, 2.24) is 0 Å². The van der Waals surface area contributed by atoms with Crippen LogP contribution in [0.15, 0.2) is 291 Å². The molecule has 13 aromatic rings. The van der Waals surface area contributed by atoms with Crippen LogP contribution >= 0.6 is 0 Å². The molecule has 3 heteroatoms. The van der Waals surface area contributed by atoms with Crippen molar-refractivity contribution < 1.29 is 0 Å². The van der Waals surface area contributed by atoms with Crippen LogP contribution in [0.3, 0.4) is 0 Å². The van der Waals surface area contributed by atoms with E-state index in [9.17, 15) is 0 Å². The quantitative estimate of drug-likeness (QED) is 0.142. The van der Waals surface area contributed by atoms with E-state index in [0.29, 0.717) is 0 Å². The van der Waals surface area contributed by atoms with Crippen LogP contribution in [0, 0.1) is 0 Å². The van der Waals surface area contributed by atoms with Crippen LogP contribution in [0.5, 0.6) is 0 Å². The monoisotopic (exact) mass is 1110 g/mol. The fraction of sp³-hybridized carbons (Fsp3) is 0.108. The standard InChI is InChI=1S/C31H25N.C27H23N.C25H21N/c1-31(2)28-15-9-8-13-25(28)26-17-16-22(20-29(26)31)32-30-19-18-23(21-10-4-3-5-11-21)24-12-6-7-14-27(24)30;1-27(2)25-11-7-6-10-23(25)24-17-16-22(18-26(24)27)28-21-14-12-20(13-15-21)19-8-4-3-5-9-19;1-25(2)23-10-6-5-9-21(23)22-14-13-20(16-24(22)25)26-19-12-11-17-7-3-4-8-18(17)15-19/h3-20,32H,1-2H3;3-18,28H,1-2H3;3-16,26H,1-2H3. The number of fused-ring (bicyclic) bond motifs is 11. The molecular formula is C83H69N3. The predicted octanol–water partition coefficient (Wildman–Crippen LogP) is 22.8. The van der Waals surface area contributed by atoms with Gasteiger partial charge in [-0.15, -0.1) is 0 Å². The van der Waals surface area contributed by atoms with Gasteiger partial charge in [-0.2, -0.15) is 0 Å². The molecule has 0 unspecified atom stereocenters. The highest BCUT2D eigenvalue weighted by Gasteiger charge is 2.37. The van der Waals surface area contributed by atoms with Crippen LogP contribution in [0.4, 0.5) is 34.1 Å². The third-order valence-corrected chi connectivity index (χ3v) is 18.4. The molecule has 0 bridgehead atoms. The molecule has 3 aliphatic rings. The van der Waals surface area contributed by atoms with Gasteiger partial charge in [-0.1, -0.05) is 266 Å². The molecule has 0 aliphatic heterocycles. The smallest absolute Gasteiger partial charge is 0.0464 e. The minimum atomic E-state index is 0.00283. The van der Waals surface area contributed by atoms with E-state index in [4.69, 9.17) is 0 Å². The molecule has 3 aliphatic carbocycles. The summed E-state index contributed by atoms with van der Waals surface area (Å²) >= 11 is 0. The molecule has 0 amide bonds. The number of hydrogen-bond donors (Lipinski definition) is 3.